The molecule has 135 heavy (non-hydrogen) atoms. The number of nitrogens with one attached hydrogen (secondary N) is 5. The van der Waals surface area contributed by atoms with Crippen molar-refractivity contribution < 1.29 is 155 Å². The number of hydrogen-bond acceptors (Lipinski definition) is 30. The smallest absolute Gasteiger partial charge is 0.387 e. The van der Waals surface area contributed by atoms with Crippen LogP contribution in [0.3, 0.4) is 0 Å². The lowest BCUT2D eigenvalue weighted by Crippen LogP contribution is -2.45. The second-order valence-electron chi connectivity index (χ2n) is 29.8. The minimum atomic E-state index is -3.88. The van der Waals surface area contributed by atoms with Gasteiger partial charge in [-0.25, -0.2) is 54.6 Å². The van der Waals surface area contributed by atoms with Crippen LogP contribution in [0.5, 0.6) is 34.5 Å². The molecule has 53 heteroatoms. The summed E-state index contributed by atoms with van der Waals surface area (Å²) in [5, 5.41) is 13.8. The average Bonchev–Trinajstić information content (AvgIpc) is 1.78. The van der Waals surface area contributed by atoms with E-state index in [-0.39, 0.29) is 130 Å². The van der Waals surface area contributed by atoms with Gasteiger partial charge in [0.2, 0.25) is 29.1 Å². The number of hydrogen-bond donors (Lipinski definition) is 3. The molecule has 5 aliphatic heterocycles. The van der Waals surface area contributed by atoms with Crippen LogP contribution in [0.1, 0.15) is 97.1 Å². The number of benzene rings is 3. The number of esters is 3. The van der Waals surface area contributed by atoms with E-state index in [4.69, 9.17) is 135 Å². The largest absolute Gasteiger partial charge is 0.870 e. The zero-order chi connectivity index (χ0) is 95.0. The number of morpholine rings is 2. The first-order valence-electron chi connectivity index (χ1n) is 41.2. The van der Waals surface area contributed by atoms with Crippen LogP contribution < -0.4 is 54.0 Å². The number of aliphatic hydroxyl groups is 1. The van der Waals surface area contributed by atoms with E-state index in [0.717, 1.165) is 92.1 Å². The Kier molecular flexibility index (Phi) is 53.6. The van der Waals surface area contributed by atoms with Crippen molar-refractivity contribution in [2.45, 2.75) is 119 Å². The molecule has 3 aliphatic carbocycles. The van der Waals surface area contributed by atoms with Crippen LogP contribution in [0.25, 0.3) is 0 Å². The van der Waals surface area contributed by atoms with Crippen molar-refractivity contribution in [2.75, 3.05) is 140 Å². The second kappa shape index (κ2) is 60.2. The van der Waals surface area contributed by atoms with E-state index in [1.54, 1.807) is 31.5 Å². The third-order valence-electron chi connectivity index (χ3n) is 20.0. The highest BCUT2D eigenvalue weighted by Crippen LogP contribution is 2.44. The van der Waals surface area contributed by atoms with Gasteiger partial charge in [-0.3, -0.25) is 10.2 Å². The summed E-state index contributed by atoms with van der Waals surface area (Å²) >= 11 is 47.0. The molecule has 3 aromatic heterocycles. The Bertz CT molecular complexity index is 5000. The van der Waals surface area contributed by atoms with E-state index in [1.807, 2.05) is 4.90 Å². The molecule has 3 saturated carbocycles. The van der Waals surface area contributed by atoms with Gasteiger partial charge in [0.15, 0.2) is 87.8 Å². The lowest BCUT2D eigenvalue weighted by atomic mass is 10.0. The van der Waals surface area contributed by atoms with Crippen LogP contribution in [0, 0.1) is 17.8 Å². The van der Waals surface area contributed by atoms with Crippen LogP contribution in [-0.4, -0.2) is 254 Å². The number of sulfonamides is 2. The molecule has 758 valence electrons. The molecule has 0 unspecified atom stereocenters. The van der Waals surface area contributed by atoms with E-state index in [2.05, 4.69) is 46.4 Å². The summed E-state index contributed by atoms with van der Waals surface area (Å²) in [4.78, 5) is 50.2. The number of carbonyl (C=O) groups is 3. The Hall–Kier alpha value is -5.29. The predicted octanol–water partition coefficient (Wildman–Crippen LogP) is 13.9. The Morgan fingerprint density at radius 3 is 1.16 bits per heavy atom. The van der Waals surface area contributed by atoms with E-state index in [0.29, 0.717) is 142 Å². The molecule has 8 heterocycles. The summed E-state index contributed by atoms with van der Waals surface area (Å²) < 4.78 is 211. The van der Waals surface area contributed by atoms with Crippen molar-refractivity contribution in [3.8, 4) is 34.5 Å². The van der Waals surface area contributed by atoms with Gasteiger partial charge >= 0.3 is 37.7 Å². The maximum Gasteiger partial charge on any atom is 0.387 e. The molecule has 8 aliphatic rings. The van der Waals surface area contributed by atoms with Crippen LogP contribution in [-0.2, 0) is 86.4 Å². The monoisotopic (exact) mass is 2210 g/mol. The standard InChI is InChI=1S/C28H33Cl2F2N3O7S2.C24H24Cl2F2N2O6S2.C22H22Cl2F2N2O4S.C4H9NO.C2H4Cl2O2S.C2H6O.ClH.3H2O/c29-21-15-33-16-22(30)20(21)14-24(19-3-4-23(42-28(31)32)25(13-19)40-17-18-1-2-18)41-27(36)26-35(7-11-43-26)44(37,38)12-8-34-5-9-39-10-6-34;1-2-38(32,33)30-7-8-37-22(30)23(31)35-20(10-16-17(25)11-29-12-18(16)26)15-5-6-19(36-24(27)28)21(9-15)34-13-14-3-4-14;23-15-9-27-10-16(24)14(15)8-18(31-21(29)20-28-5-6-33-20)13-3-4-17(32-22(25)26)19(7-13)30-11-12-1-2-12;1-3-6-4-2-5-1;3-1-2-7(4,5)6;1-2-3;;;;/h3-4,13,15-16,18,24,26,28H,1-2,5-12,14,17H2;2,5-6,9,11-12,14,20,22,24H,1,3-4,7-8,10,13H2;3-4,7,9-10,12,18,20,22,28H,1-2,5-6,8,11H2;5H,1-4H2;1-2H2;3H,2H2,1H3;1H;3*1H2/t24-,26-;20-,22-;18-,20-;;;;;;;/m000......./s1. The highest BCUT2D eigenvalue weighted by molar-refractivity contribution is 8.13. The molecule has 32 nitrogen and oxygen atoms in total. The fourth-order valence-electron chi connectivity index (χ4n) is 12.7. The Morgan fingerprint density at radius 2 is 0.867 bits per heavy atom. The van der Waals surface area contributed by atoms with Gasteiger partial charge in [0, 0.05) is 134 Å². The summed E-state index contributed by atoms with van der Waals surface area (Å²) in [6, 6.07) is 13.1. The summed E-state index contributed by atoms with van der Waals surface area (Å²) in [6.45, 7) is 4.75. The van der Waals surface area contributed by atoms with E-state index in [1.165, 1.54) is 95.1 Å². The first-order valence-corrected chi connectivity index (χ1v) is 52.8. The van der Waals surface area contributed by atoms with Gasteiger partial charge in [-0.15, -0.1) is 59.3 Å². The average molecular weight is 2210 g/mol. The lowest BCUT2D eigenvalue weighted by molar-refractivity contribution is -0.378. The van der Waals surface area contributed by atoms with Gasteiger partial charge < -0.3 is 79.0 Å². The van der Waals surface area contributed by atoms with Crippen molar-refractivity contribution in [2.24, 2.45) is 17.8 Å². The van der Waals surface area contributed by atoms with Crippen molar-refractivity contribution in [3.05, 3.63) is 167 Å². The molecule has 3 aromatic carbocycles. The van der Waals surface area contributed by atoms with Gasteiger partial charge in [-0.1, -0.05) is 94.4 Å². The molecular formula is C82H105Cl9F6N8O24S6. The number of aromatic amines is 3. The van der Waals surface area contributed by atoms with E-state index >= 15 is 0 Å². The number of thioether (sulfide) groups is 3. The van der Waals surface area contributed by atoms with Gasteiger partial charge in [-0.05, 0) is 116 Å². The maximum absolute atomic E-state index is 13.7. The minimum absolute atomic E-state index is 0. The van der Waals surface area contributed by atoms with Gasteiger partial charge in [0.05, 0.1) is 57.8 Å². The summed E-state index contributed by atoms with van der Waals surface area (Å²) in [5.41, 5.74) is 2.90. The number of carbonyl (C=O) groups excluding carboxylic acids is 3. The number of aromatic nitrogens is 3. The Balaban J connectivity index is 0.000000327. The number of alkyl halides is 7. The summed E-state index contributed by atoms with van der Waals surface area (Å²) in [7, 11) is -6.27. The predicted molar refractivity (Wildman–Crippen MR) is 501 cm³/mol. The minimum Gasteiger partial charge on any atom is -0.870 e. The SMILES string of the molecule is C1COCCN1.C=CS(=O)(=O)N1CCS[C@H]1C(=O)O[C@@H](Cc1c(Cl)c[nH+]cc1Cl)c1ccc(OC(F)F)c(OCC2CC2)c1.CCO.Cl.O=C(O[C@@H](Cc1c(Cl)c[nH+]cc1Cl)c1ccc(OC(F)F)c(OCC2CC2)c1)[C@@H]1SCCN1S(=O)(=O)CCN1CCOCC1.O=C(O[C@@H](Cc1c(Cl)c[nH+]cc1Cl)c1ccc(OC(F)F)c(OCC2CC2)c1)[C@H]1NCCS1.O=S(=O)(Cl)CCCl.[OH-].[OH-].[OH-]. The lowest BCUT2D eigenvalue weighted by Gasteiger charge is -2.28. The molecule has 0 amide bonds. The zero-order valence-corrected chi connectivity index (χ0v) is 84.0. The molecule has 0 radical (unpaired) electrons. The van der Waals surface area contributed by atoms with Crippen molar-refractivity contribution in [1.82, 2.24) is 24.1 Å². The molecular weight excluding hydrogens is 2110 g/mol. The van der Waals surface area contributed by atoms with Gasteiger partial charge in [0.25, 0.3) is 0 Å². The third kappa shape index (κ3) is 40.6. The first kappa shape index (κ1) is 120. The number of halogens is 15. The number of rotatable bonds is 38. The van der Waals surface area contributed by atoms with Crippen molar-refractivity contribution in [3.63, 3.8) is 0 Å². The van der Waals surface area contributed by atoms with Crippen LogP contribution >= 0.6 is 140 Å². The van der Waals surface area contributed by atoms with Gasteiger partial charge in [0.1, 0.15) is 48.4 Å². The highest BCUT2D eigenvalue weighted by atomic mass is 35.7. The van der Waals surface area contributed by atoms with Crippen molar-refractivity contribution in [1.29, 1.82) is 0 Å². The maximum atomic E-state index is 13.7. The van der Waals surface area contributed by atoms with Crippen LogP contribution in [0.2, 0.25) is 30.1 Å². The molecule has 6 aromatic rings. The van der Waals surface area contributed by atoms with E-state index in [9.17, 15) is 66.0 Å². The molecule has 6 atom stereocenters. The number of aliphatic hydroxyl groups excluding tert-OH is 1. The molecule has 14 rings (SSSR count). The fourth-order valence-corrected chi connectivity index (χ4v) is 22.2. The molecule has 9 N–H and O–H groups in total. The van der Waals surface area contributed by atoms with Crippen LogP contribution in [0.15, 0.2) is 104 Å². The summed E-state index contributed by atoms with van der Waals surface area (Å²) in [5.74, 6) is 0.423. The Morgan fingerprint density at radius 1 is 0.519 bits per heavy atom. The number of H-pyrrole nitrogens is 3. The quantitative estimate of drug-likeness (QED) is 0.0107. The van der Waals surface area contributed by atoms with Crippen molar-refractivity contribution >= 4 is 187 Å². The third-order valence-corrected chi connectivity index (χ3v) is 30.6. The molecule has 0 spiro atoms. The Labute approximate surface area is 836 Å². The normalized spacial score (nSPS) is 18.4. The molecule has 0 bridgehead atoms. The second-order valence-corrected chi connectivity index (χ2v) is 42.9. The number of nitrogens with zero attached hydrogens (tertiary/aromatic N) is 3. The summed E-state index contributed by atoms with van der Waals surface area (Å²) in [6.07, 6.45) is 12.7. The number of pyridine rings is 3. The van der Waals surface area contributed by atoms with E-state index < -0.39 is 101 Å². The fraction of sp³-hybridized carbons (Fsp3) is 0.537. The first-order chi connectivity index (χ1) is 62.6. The topological polar surface area (TPSA) is 442 Å². The molecule has 8 fully saturated rings. The zero-order valence-electron chi connectivity index (χ0n) is 72.2. The highest BCUT2D eigenvalue weighted by Gasteiger charge is 2.44. The number of ether oxygens (including phenoxy) is 11. The molecule has 5 saturated heterocycles. The van der Waals surface area contributed by atoms with Crippen LogP contribution in [0.4, 0.5) is 26.3 Å². The van der Waals surface area contributed by atoms with Gasteiger partial charge in [-0.2, -0.15) is 35.0 Å².